The maximum Gasteiger partial charge on any atom is 0.244 e. The largest absolute Gasteiger partial charge is 0.310 e. The van der Waals surface area contributed by atoms with Crippen molar-refractivity contribution in [2.75, 3.05) is 26.2 Å². The summed E-state index contributed by atoms with van der Waals surface area (Å²) in [5, 5.41) is 4.51. The molecule has 0 unspecified atom stereocenters. The van der Waals surface area contributed by atoms with Crippen LogP contribution < -0.4 is 0 Å². The molecule has 0 saturated carbocycles. The minimum atomic E-state index is -3.67. The van der Waals surface area contributed by atoms with Crippen molar-refractivity contribution in [1.29, 1.82) is 0 Å². The molecule has 7 nitrogen and oxygen atoms in total. The standard InChI is InChI=1S/C14H17Cl2N5O2S2/c1-18-9-17-21(14(18)24)10-19-5-7-20(8-6-19)25(22,23)12-4-2-3-11(15)13(12)16/h2-4,9H,5-8,10H2,1H3. The molecule has 2 heterocycles. The van der Waals surface area contributed by atoms with Crippen molar-refractivity contribution in [2.45, 2.75) is 11.6 Å². The van der Waals surface area contributed by atoms with Crippen molar-refractivity contribution < 1.29 is 8.42 Å². The van der Waals surface area contributed by atoms with Gasteiger partial charge in [0.1, 0.15) is 11.2 Å². The summed E-state index contributed by atoms with van der Waals surface area (Å²) in [5.41, 5.74) is 0. The van der Waals surface area contributed by atoms with E-state index in [1.54, 1.807) is 27.7 Å². The van der Waals surface area contributed by atoms with Crippen molar-refractivity contribution in [2.24, 2.45) is 7.05 Å². The first kappa shape index (κ1) is 18.8. The summed E-state index contributed by atoms with van der Waals surface area (Å²) in [6.07, 6.45) is 1.66. The summed E-state index contributed by atoms with van der Waals surface area (Å²) >= 11 is 17.3. The maximum atomic E-state index is 12.8. The predicted octanol–water partition coefficient (Wildman–Crippen LogP) is 2.22. The molecule has 11 heteroatoms. The van der Waals surface area contributed by atoms with Gasteiger partial charge >= 0.3 is 0 Å². The van der Waals surface area contributed by atoms with Gasteiger partial charge < -0.3 is 4.57 Å². The Kier molecular flexibility index (Phi) is 5.52. The number of aromatic nitrogens is 3. The molecule has 25 heavy (non-hydrogen) atoms. The van der Waals surface area contributed by atoms with Crippen LogP contribution in [0.5, 0.6) is 0 Å². The zero-order chi connectivity index (χ0) is 18.2. The van der Waals surface area contributed by atoms with Gasteiger partial charge in [-0.15, -0.1) is 0 Å². The van der Waals surface area contributed by atoms with Gasteiger partial charge in [-0.25, -0.2) is 13.1 Å². The average Bonchev–Trinajstić information content (AvgIpc) is 2.90. The summed E-state index contributed by atoms with van der Waals surface area (Å²) in [6, 6.07) is 4.63. The quantitative estimate of drug-likeness (QED) is 0.708. The number of halogens is 2. The van der Waals surface area contributed by atoms with E-state index in [9.17, 15) is 8.42 Å². The monoisotopic (exact) mass is 421 g/mol. The molecule has 0 atom stereocenters. The number of piperazine rings is 1. The van der Waals surface area contributed by atoms with Crippen LogP contribution in [0.4, 0.5) is 0 Å². The van der Waals surface area contributed by atoms with Crippen LogP contribution >= 0.6 is 35.4 Å². The van der Waals surface area contributed by atoms with E-state index in [4.69, 9.17) is 35.4 Å². The molecule has 0 amide bonds. The van der Waals surface area contributed by atoms with Gasteiger partial charge in [0.25, 0.3) is 0 Å². The van der Waals surface area contributed by atoms with Crippen LogP contribution in [-0.4, -0.2) is 58.1 Å². The van der Waals surface area contributed by atoms with Gasteiger partial charge in [0.2, 0.25) is 10.0 Å². The van der Waals surface area contributed by atoms with Gasteiger partial charge in [-0.2, -0.15) is 9.40 Å². The maximum absolute atomic E-state index is 12.8. The number of sulfonamides is 1. The highest BCUT2D eigenvalue weighted by Gasteiger charge is 2.30. The summed E-state index contributed by atoms with van der Waals surface area (Å²) in [6.45, 7) is 2.42. The van der Waals surface area contributed by atoms with Crippen LogP contribution in [0.15, 0.2) is 29.4 Å². The highest BCUT2D eigenvalue weighted by Crippen LogP contribution is 2.31. The third-order valence-corrected chi connectivity index (χ3v) is 7.46. The Bertz CT molecular complexity index is 933. The summed E-state index contributed by atoms with van der Waals surface area (Å²) in [5.74, 6) is 0. The molecule has 1 aromatic heterocycles. The van der Waals surface area contributed by atoms with Crippen LogP contribution in [-0.2, 0) is 23.7 Å². The number of nitrogens with zero attached hydrogens (tertiary/aromatic N) is 5. The third kappa shape index (κ3) is 3.76. The van der Waals surface area contributed by atoms with Gasteiger partial charge in [-0.1, -0.05) is 29.3 Å². The van der Waals surface area contributed by atoms with Gasteiger partial charge in [-0.3, -0.25) is 4.90 Å². The molecule has 3 rings (SSSR count). The smallest absolute Gasteiger partial charge is 0.244 e. The number of hydrogen-bond acceptors (Lipinski definition) is 5. The first-order chi connectivity index (χ1) is 11.8. The Morgan fingerprint density at radius 3 is 2.48 bits per heavy atom. The molecule has 1 saturated heterocycles. The lowest BCUT2D eigenvalue weighted by Crippen LogP contribution is -2.49. The van der Waals surface area contributed by atoms with Crippen molar-refractivity contribution in [3.63, 3.8) is 0 Å². The van der Waals surface area contributed by atoms with Crippen molar-refractivity contribution >= 4 is 45.4 Å². The molecule has 2 aromatic rings. The Morgan fingerprint density at radius 2 is 1.88 bits per heavy atom. The molecule has 1 fully saturated rings. The molecule has 0 radical (unpaired) electrons. The SMILES string of the molecule is Cn1cnn(CN2CCN(S(=O)(=O)c3cccc(Cl)c3Cl)CC2)c1=S. The third-order valence-electron chi connectivity index (χ3n) is 4.09. The Balaban J connectivity index is 1.70. The molecular weight excluding hydrogens is 405 g/mol. The zero-order valence-electron chi connectivity index (χ0n) is 13.5. The van der Waals surface area contributed by atoms with E-state index in [2.05, 4.69) is 10.00 Å². The molecule has 0 aliphatic carbocycles. The van der Waals surface area contributed by atoms with Gasteiger partial charge in [-0.05, 0) is 24.4 Å². The first-order valence-electron chi connectivity index (χ1n) is 7.55. The van der Waals surface area contributed by atoms with E-state index < -0.39 is 10.0 Å². The van der Waals surface area contributed by atoms with Gasteiger partial charge in [0.15, 0.2) is 4.77 Å². The average molecular weight is 422 g/mol. The van der Waals surface area contributed by atoms with E-state index in [1.165, 1.54) is 10.4 Å². The molecular formula is C14H17Cl2N5O2S2. The molecule has 0 bridgehead atoms. The van der Waals surface area contributed by atoms with Crippen LogP contribution in [0.3, 0.4) is 0 Å². The van der Waals surface area contributed by atoms with E-state index in [0.717, 1.165) is 0 Å². The van der Waals surface area contributed by atoms with Gasteiger partial charge in [0, 0.05) is 33.2 Å². The highest BCUT2D eigenvalue weighted by molar-refractivity contribution is 7.89. The Hall–Kier alpha value is -0.970. The summed E-state index contributed by atoms with van der Waals surface area (Å²) in [4.78, 5) is 2.15. The van der Waals surface area contributed by atoms with E-state index in [-0.39, 0.29) is 14.9 Å². The van der Waals surface area contributed by atoms with Crippen LogP contribution in [0, 0.1) is 4.77 Å². The second-order valence-corrected chi connectivity index (χ2v) is 8.80. The lowest BCUT2D eigenvalue weighted by Gasteiger charge is -2.33. The zero-order valence-corrected chi connectivity index (χ0v) is 16.6. The summed E-state index contributed by atoms with van der Waals surface area (Å²) < 4.78 is 31.2. The summed E-state index contributed by atoms with van der Waals surface area (Å²) in [7, 11) is -1.83. The second kappa shape index (κ2) is 7.34. The lowest BCUT2D eigenvalue weighted by molar-refractivity contribution is 0.144. The Morgan fingerprint density at radius 1 is 1.20 bits per heavy atom. The fourth-order valence-corrected chi connectivity index (χ4v) is 4.95. The highest BCUT2D eigenvalue weighted by atomic mass is 35.5. The molecule has 0 spiro atoms. The Labute approximate surface area is 161 Å². The molecule has 1 aliphatic heterocycles. The fourth-order valence-electron chi connectivity index (χ4n) is 2.64. The fraction of sp³-hybridized carbons (Fsp3) is 0.429. The van der Waals surface area contributed by atoms with Crippen LogP contribution in [0.1, 0.15) is 0 Å². The predicted molar refractivity (Wildman–Crippen MR) is 98.8 cm³/mol. The normalized spacial score (nSPS) is 17.1. The topological polar surface area (TPSA) is 63.4 Å². The molecule has 136 valence electrons. The molecule has 1 aromatic carbocycles. The van der Waals surface area contributed by atoms with E-state index in [1.807, 2.05) is 7.05 Å². The first-order valence-corrected chi connectivity index (χ1v) is 10.2. The van der Waals surface area contributed by atoms with E-state index in [0.29, 0.717) is 37.6 Å². The minimum Gasteiger partial charge on any atom is -0.310 e. The van der Waals surface area contributed by atoms with Crippen molar-refractivity contribution in [1.82, 2.24) is 23.6 Å². The van der Waals surface area contributed by atoms with Gasteiger partial charge in [0.05, 0.1) is 16.7 Å². The van der Waals surface area contributed by atoms with E-state index >= 15 is 0 Å². The number of benzene rings is 1. The van der Waals surface area contributed by atoms with Crippen molar-refractivity contribution in [3.05, 3.63) is 39.3 Å². The van der Waals surface area contributed by atoms with Crippen LogP contribution in [0.2, 0.25) is 10.0 Å². The number of rotatable bonds is 4. The molecule has 0 N–H and O–H groups in total. The lowest BCUT2D eigenvalue weighted by atomic mass is 10.4. The van der Waals surface area contributed by atoms with Crippen LogP contribution in [0.25, 0.3) is 0 Å². The molecule has 1 aliphatic rings. The number of aryl methyl sites for hydroxylation is 1. The number of hydrogen-bond donors (Lipinski definition) is 0. The second-order valence-electron chi connectivity index (χ2n) is 5.74. The minimum absolute atomic E-state index is 0.0436. The van der Waals surface area contributed by atoms with Crippen molar-refractivity contribution in [3.8, 4) is 0 Å².